The lowest BCUT2D eigenvalue weighted by molar-refractivity contribution is 0.317. The van der Waals surface area contributed by atoms with E-state index in [0.29, 0.717) is 10.8 Å². The molecule has 1 aromatic heterocycles. The van der Waals surface area contributed by atoms with Gasteiger partial charge in [-0.1, -0.05) is 25.8 Å². The molecule has 78 valence electrons. The van der Waals surface area contributed by atoms with Gasteiger partial charge < -0.3 is 0 Å². The van der Waals surface area contributed by atoms with E-state index in [0.717, 1.165) is 6.42 Å². The van der Waals surface area contributed by atoms with E-state index in [1.807, 2.05) is 11.3 Å². The van der Waals surface area contributed by atoms with Gasteiger partial charge in [0.25, 0.3) is 0 Å². The highest BCUT2D eigenvalue weighted by Crippen LogP contribution is 2.44. The van der Waals surface area contributed by atoms with Crippen LogP contribution in [-0.2, 0) is 6.42 Å². The number of rotatable bonds is 3. The van der Waals surface area contributed by atoms with Gasteiger partial charge in [0.15, 0.2) is 0 Å². The highest BCUT2D eigenvalue weighted by molar-refractivity contribution is 7.09. The quantitative estimate of drug-likeness (QED) is 0.670. The Bertz CT molecular complexity index is 273. The minimum Gasteiger partial charge on any atom is -0.149 e. The molecule has 1 aliphatic rings. The average Bonchev–Trinajstić information content (AvgIpc) is 2.76. The molecule has 14 heavy (non-hydrogen) atoms. The van der Waals surface area contributed by atoms with Crippen molar-refractivity contribution in [2.24, 2.45) is 5.41 Å². The molecule has 0 aromatic carbocycles. The maximum Gasteiger partial charge on any atom is 0.0437 e. The summed E-state index contributed by atoms with van der Waals surface area (Å²) in [6.45, 7) is 2.35. The lowest BCUT2D eigenvalue weighted by Crippen LogP contribution is -2.26. The first-order valence-corrected chi connectivity index (χ1v) is 6.69. The molecule has 1 saturated carbocycles. The summed E-state index contributed by atoms with van der Waals surface area (Å²) in [6, 6.07) is 4.30. The van der Waals surface area contributed by atoms with Gasteiger partial charge in [-0.25, -0.2) is 0 Å². The second-order valence-electron chi connectivity index (χ2n) is 4.61. The zero-order valence-electron chi connectivity index (χ0n) is 8.63. The summed E-state index contributed by atoms with van der Waals surface area (Å²) in [6.07, 6.45) is 6.41. The van der Waals surface area contributed by atoms with E-state index in [1.165, 1.54) is 30.6 Å². The molecule has 1 atom stereocenters. The molecule has 1 fully saturated rings. The topological polar surface area (TPSA) is 0 Å². The maximum absolute atomic E-state index is 6.53. The van der Waals surface area contributed by atoms with Crippen molar-refractivity contribution < 1.29 is 0 Å². The Morgan fingerprint density at radius 2 is 2.21 bits per heavy atom. The van der Waals surface area contributed by atoms with Crippen LogP contribution in [0.25, 0.3) is 0 Å². The molecular formula is C12H17ClS. The van der Waals surface area contributed by atoms with Crippen molar-refractivity contribution in [3.63, 3.8) is 0 Å². The summed E-state index contributed by atoms with van der Waals surface area (Å²) < 4.78 is 0. The molecule has 0 N–H and O–H groups in total. The van der Waals surface area contributed by atoms with E-state index in [4.69, 9.17) is 11.6 Å². The fourth-order valence-corrected chi connectivity index (χ4v) is 3.58. The number of hydrogen-bond acceptors (Lipinski definition) is 1. The van der Waals surface area contributed by atoms with Crippen LogP contribution in [-0.4, -0.2) is 5.38 Å². The van der Waals surface area contributed by atoms with Gasteiger partial charge in [0.05, 0.1) is 0 Å². The van der Waals surface area contributed by atoms with Crippen molar-refractivity contribution in [2.45, 2.75) is 44.4 Å². The van der Waals surface area contributed by atoms with E-state index in [-0.39, 0.29) is 0 Å². The van der Waals surface area contributed by atoms with Gasteiger partial charge in [0, 0.05) is 10.3 Å². The fourth-order valence-electron chi connectivity index (χ4n) is 2.35. The van der Waals surface area contributed by atoms with Gasteiger partial charge in [-0.2, -0.15) is 0 Å². The predicted octanol–water partition coefficient (Wildman–Crippen LogP) is 4.48. The molecule has 2 heteroatoms. The third-order valence-electron chi connectivity index (χ3n) is 3.46. The van der Waals surface area contributed by atoms with Gasteiger partial charge in [-0.15, -0.1) is 22.9 Å². The van der Waals surface area contributed by atoms with Crippen LogP contribution in [0.2, 0.25) is 0 Å². The largest absolute Gasteiger partial charge is 0.149 e. The fraction of sp³-hybridized carbons (Fsp3) is 0.667. The first-order chi connectivity index (χ1) is 6.71. The van der Waals surface area contributed by atoms with Crippen molar-refractivity contribution >= 4 is 22.9 Å². The van der Waals surface area contributed by atoms with E-state index in [1.54, 1.807) is 0 Å². The van der Waals surface area contributed by atoms with E-state index in [9.17, 15) is 0 Å². The Kier molecular flexibility index (Phi) is 3.18. The predicted molar refractivity (Wildman–Crippen MR) is 64.2 cm³/mol. The summed E-state index contributed by atoms with van der Waals surface area (Å²) >= 11 is 8.35. The summed E-state index contributed by atoms with van der Waals surface area (Å²) in [5.74, 6) is 0. The Labute approximate surface area is 95.3 Å². The van der Waals surface area contributed by atoms with Crippen LogP contribution in [0, 0.1) is 5.41 Å². The molecule has 2 rings (SSSR count). The summed E-state index contributed by atoms with van der Waals surface area (Å²) in [4.78, 5) is 1.43. The van der Waals surface area contributed by atoms with Crippen LogP contribution in [0.5, 0.6) is 0 Å². The molecular weight excluding hydrogens is 212 g/mol. The molecule has 0 bridgehead atoms. The second-order valence-corrected chi connectivity index (χ2v) is 6.17. The van der Waals surface area contributed by atoms with Crippen LogP contribution in [0.1, 0.15) is 37.5 Å². The number of thiophene rings is 1. The lowest BCUT2D eigenvalue weighted by Gasteiger charge is -2.29. The van der Waals surface area contributed by atoms with Crippen LogP contribution in [0.15, 0.2) is 17.5 Å². The van der Waals surface area contributed by atoms with Gasteiger partial charge in [-0.3, -0.25) is 0 Å². The van der Waals surface area contributed by atoms with E-state index in [2.05, 4.69) is 24.4 Å². The minimum atomic E-state index is 0.323. The molecule has 1 unspecified atom stereocenters. The normalized spacial score (nSPS) is 22.4. The zero-order chi connectivity index (χ0) is 10.0. The summed E-state index contributed by atoms with van der Waals surface area (Å²) in [7, 11) is 0. The minimum absolute atomic E-state index is 0.323. The average molecular weight is 229 g/mol. The van der Waals surface area contributed by atoms with Gasteiger partial charge in [0.2, 0.25) is 0 Å². The molecule has 0 radical (unpaired) electrons. The third kappa shape index (κ3) is 2.14. The van der Waals surface area contributed by atoms with Gasteiger partial charge in [0.1, 0.15) is 0 Å². The van der Waals surface area contributed by atoms with Crippen LogP contribution in [0.4, 0.5) is 0 Å². The maximum atomic E-state index is 6.53. The van der Waals surface area contributed by atoms with Crippen LogP contribution < -0.4 is 0 Å². The van der Waals surface area contributed by atoms with E-state index < -0.39 is 0 Å². The third-order valence-corrected chi connectivity index (χ3v) is 5.04. The lowest BCUT2D eigenvalue weighted by atomic mass is 9.83. The molecule has 0 spiro atoms. The standard InChI is InChI=1S/C12H17ClS/c1-12(6-2-3-7-12)11(13)9-10-5-4-8-14-10/h4-5,8,11H,2-3,6-7,9H2,1H3. The Morgan fingerprint density at radius 1 is 1.50 bits per heavy atom. The Balaban J connectivity index is 1.98. The van der Waals surface area contributed by atoms with Crippen molar-refractivity contribution in [1.82, 2.24) is 0 Å². The molecule has 1 heterocycles. The first kappa shape index (κ1) is 10.5. The zero-order valence-corrected chi connectivity index (χ0v) is 10.2. The molecule has 0 aliphatic heterocycles. The van der Waals surface area contributed by atoms with Crippen molar-refractivity contribution in [3.8, 4) is 0 Å². The number of halogens is 1. The van der Waals surface area contributed by atoms with Crippen molar-refractivity contribution in [3.05, 3.63) is 22.4 Å². The molecule has 1 aromatic rings. The van der Waals surface area contributed by atoms with E-state index >= 15 is 0 Å². The highest BCUT2D eigenvalue weighted by Gasteiger charge is 2.35. The van der Waals surface area contributed by atoms with Gasteiger partial charge >= 0.3 is 0 Å². The molecule has 1 aliphatic carbocycles. The number of alkyl halides is 1. The number of hydrogen-bond donors (Lipinski definition) is 0. The Morgan fingerprint density at radius 3 is 2.79 bits per heavy atom. The smallest absolute Gasteiger partial charge is 0.0437 e. The molecule has 0 amide bonds. The van der Waals surface area contributed by atoms with Gasteiger partial charge in [-0.05, 0) is 36.1 Å². The SMILES string of the molecule is CC1(C(Cl)Cc2cccs2)CCCC1. The van der Waals surface area contributed by atoms with Crippen LogP contribution in [0.3, 0.4) is 0 Å². The van der Waals surface area contributed by atoms with Crippen molar-refractivity contribution in [1.29, 1.82) is 0 Å². The molecule has 0 saturated heterocycles. The van der Waals surface area contributed by atoms with Crippen molar-refractivity contribution in [2.75, 3.05) is 0 Å². The summed E-state index contributed by atoms with van der Waals surface area (Å²) in [5, 5.41) is 2.46. The second kappa shape index (κ2) is 4.24. The monoisotopic (exact) mass is 228 g/mol. The Hall–Kier alpha value is -0.0100. The highest BCUT2D eigenvalue weighted by atomic mass is 35.5. The van der Waals surface area contributed by atoms with Crippen LogP contribution >= 0.6 is 22.9 Å². The first-order valence-electron chi connectivity index (χ1n) is 5.37. The molecule has 0 nitrogen and oxygen atoms in total. The summed E-state index contributed by atoms with van der Waals surface area (Å²) in [5.41, 5.74) is 0.394.